The molecule has 74 valence electrons. The third kappa shape index (κ3) is 2.87. The summed E-state index contributed by atoms with van der Waals surface area (Å²) in [6.45, 7) is 1.35. The second-order valence-corrected chi connectivity index (χ2v) is 3.19. The van der Waals surface area contributed by atoms with Crippen molar-refractivity contribution >= 4 is 13.3 Å². The molecule has 2 aromatic rings. The Morgan fingerprint density at radius 3 is 2.73 bits per heavy atom. The molecule has 1 aromatic heterocycles. The van der Waals surface area contributed by atoms with E-state index in [4.69, 9.17) is 12.6 Å². The minimum absolute atomic E-state index is 0.603. The van der Waals surface area contributed by atoms with Crippen LogP contribution in [0.5, 0.6) is 5.75 Å². The van der Waals surface area contributed by atoms with Gasteiger partial charge in [-0.15, -0.1) is 0 Å². The predicted octanol–water partition coefficient (Wildman–Crippen LogP) is 0.756. The van der Waals surface area contributed by atoms with Crippen molar-refractivity contribution in [2.45, 2.75) is 6.54 Å². The van der Waals surface area contributed by atoms with Crippen LogP contribution in [0.3, 0.4) is 0 Å². The van der Waals surface area contributed by atoms with Crippen LogP contribution in [-0.2, 0) is 6.54 Å². The van der Waals surface area contributed by atoms with Crippen LogP contribution in [0.1, 0.15) is 0 Å². The lowest BCUT2D eigenvalue weighted by molar-refractivity contribution is 0.291. The van der Waals surface area contributed by atoms with Gasteiger partial charge in [-0.1, -0.05) is 17.6 Å². The molecule has 1 heterocycles. The van der Waals surface area contributed by atoms with Crippen molar-refractivity contribution in [3.05, 3.63) is 42.7 Å². The van der Waals surface area contributed by atoms with E-state index in [1.54, 1.807) is 6.20 Å². The highest BCUT2D eigenvalue weighted by molar-refractivity contribution is 6.32. The zero-order chi connectivity index (χ0) is 10.5. The first kappa shape index (κ1) is 9.83. The van der Waals surface area contributed by atoms with E-state index in [-0.39, 0.29) is 0 Å². The number of hydrogen-bond acceptors (Lipinski definition) is 2. The molecular weight excluding hydrogens is 187 g/mol. The first-order valence-electron chi connectivity index (χ1n) is 4.80. The third-order valence-electron chi connectivity index (χ3n) is 2.03. The van der Waals surface area contributed by atoms with E-state index in [2.05, 4.69) is 5.10 Å². The molecule has 0 bridgehead atoms. The summed E-state index contributed by atoms with van der Waals surface area (Å²) in [6, 6.07) is 9.26. The minimum atomic E-state index is 0.603. The Bertz CT molecular complexity index is 397. The molecule has 0 atom stereocenters. The zero-order valence-corrected chi connectivity index (χ0v) is 8.34. The van der Waals surface area contributed by atoms with Crippen molar-refractivity contribution < 1.29 is 4.74 Å². The maximum atomic E-state index is 5.56. The van der Waals surface area contributed by atoms with Gasteiger partial charge >= 0.3 is 0 Å². The molecule has 2 radical (unpaired) electrons. The van der Waals surface area contributed by atoms with E-state index < -0.39 is 0 Å². The summed E-state index contributed by atoms with van der Waals surface area (Å²) in [5, 5.41) is 4.08. The Morgan fingerprint density at radius 1 is 1.27 bits per heavy atom. The van der Waals surface area contributed by atoms with Gasteiger partial charge < -0.3 is 4.74 Å². The number of ether oxygens (including phenoxy) is 1. The van der Waals surface area contributed by atoms with Crippen molar-refractivity contribution in [2.24, 2.45) is 0 Å². The third-order valence-corrected chi connectivity index (χ3v) is 2.03. The number of rotatable bonds is 4. The Labute approximate surface area is 90.1 Å². The van der Waals surface area contributed by atoms with Crippen LogP contribution in [0.25, 0.3) is 0 Å². The van der Waals surface area contributed by atoms with Crippen LogP contribution in [0.2, 0.25) is 0 Å². The standard InChI is InChI=1S/C11H11BN2O/c12-10-2-4-11(5-3-10)15-9-8-14-7-1-6-13-14/h1-7H,8-9H2. The summed E-state index contributed by atoms with van der Waals surface area (Å²) in [7, 11) is 5.56. The first-order chi connectivity index (χ1) is 7.34. The minimum Gasteiger partial charge on any atom is -0.492 e. The lowest BCUT2D eigenvalue weighted by Gasteiger charge is -2.06. The monoisotopic (exact) mass is 198 g/mol. The molecule has 1 aromatic carbocycles. The predicted molar refractivity (Wildman–Crippen MR) is 59.6 cm³/mol. The molecule has 0 aliphatic rings. The van der Waals surface area contributed by atoms with Gasteiger partial charge in [0, 0.05) is 12.4 Å². The Kier molecular flexibility index (Phi) is 3.07. The fraction of sp³-hybridized carbons (Fsp3) is 0.182. The van der Waals surface area contributed by atoms with Crippen molar-refractivity contribution in [1.29, 1.82) is 0 Å². The van der Waals surface area contributed by atoms with Crippen LogP contribution < -0.4 is 10.2 Å². The summed E-state index contributed by atoms with van der Waals surface area (Å²) in [5.74, 6) is 0.830. The first-order valence-corrected chi connectivity index (χ1v) is 4.80. The number of nitrogens with zero attached hydrogens (tertiary/aromatic N) is 2. The summed E-state index contributed by atoms with van der Waals surface area (Å²) in [6.07, 6.45) is 3.66. The van der Waals surface area contributed by atoms with Gasteiger partial charge in [0.1, 0.15) is 20.2 Å². The highest BCUT2D eigenvalue weighted by Gasteiger charge is 1.93. The Balaban J connectivity index is 1.81. The van der Waals surface area contributed by atoms with Gasteiger partial charge in [-0.05, 0) is 18.2 Å². The fourth-order valence-corrected chi connectivity index (χ4v) is 1.25. The van der Waals surface area contributed by atoms with E-state index in [0.717, 1.165) is 17.8 Å². The van der Waals surface area contributed by atoms with Crippen LogP contribution in [-0.4, -0.2) is 24.2 Å². The molecule has 0 saturated heterocycles. The van der Waals surface area contributed by atoms with Crippen LogP contribution in [0, 0.1) is 0 Å². The Hall–Kier alpha value is -1.71. The molecule has 0 aliphatic heterocycles. The lowest BCUT2D eigenvalue weighted by Crippen LogP contribution is -2.09. The topological polar surface area (TPSA) is 27.1 Å². The molecule has 3 nitrogen and oxygen atoms in total. The van der Waals surface area contributed by atoms with E-state index in [9.17, 15) is 0 Å². The van der Waals surface area contributed by atoms with Crippen LogP contribution in [0.4, 0.5) is 0 Å². The number of hydrogen-bond donors (Lipinski definition) is 0. The number of aromatic nitrogens is 2. The molecule has 0 N–H and O–H groups in total. The lowest BCUT2D eigenvalue weighted by atomic mass is 9.97. The molecular formula is C11H11BN2O. The SMILES string of the molecule is [B]c1ccc(OCCn2cccn2)cc1. The maximum Gasteiger partial charge on any atom is 0.119 e. The molecule has 0 saturated carbocycles. The maximum absolute atomic E-state index is 5.56. The molecule has 0 amide bonds. The van der Waals surface area contributed by atoms with Crippen LogP contribution >= 0.6 is 0 Å². The van der Waals surface area contributed by atoms with Crippen LogP contribution in [0.15, 0.2) is 42.7 Å². The molecule has 0 unspecified atom stereocenters. The smallest absolute Gasteiger partial charge is 0.119 e. The summed E-state index contributed by atoms with van der Waals surface area (Å²) < 4.78 is 7.35. The average molecular weight is 198 g/mol. The van der Waals surface area contributed by atoms with E-state index >= 15 is 0 Å². The van der Waals surface area contributed by atoms with E-state index in [1.807, 2.05) is 41.2 Å². The summed E-state index contributed by atoms with van der Waals surface area (Å²) in [5.41, 5.74) is 0.745. The fourth-order valence-electron chi connectivity index (χ4n) is 1.25. The highest BCUT2D eigenvalue weighted by Crippen LogP contribution is 2.06. The highest BCUT2D eigenvalue weighted by atomic mass is 16.5. The van der Waals surface area contributed by atoms with Crippen molar-refractivity contribution in [2.75, 3.05) is 6.61 Å². The molecule has 15 heavy (non-hydrogen) atoms. The van der Waals surface area contributed by atoms with Gasteiger partial charge in [-0.3, -0.25) is 4.68 Å². The van der Waals surface area contributed by atoms with Crippen molar-refractivity contribution in [3.63, 3.8) is 0 Å². The average Bonchev–Trinajstić information content (AvgIpc) is 2.74. The van der Waals surface area contributed by atoms with Gasteiger partial charge in [0.2, 0.25) is 0 Å². The normalized spacial score (nSPS) is 10.1. The van der Waals surface area contributed by atoms with Gasteiger partial charge in [0.25, 0.3) is 0 Å². The van der Waals surface area contributed by atoms with Gasteiger partial charge in [-0.2, -0.15) is 5.10 Å². The number of benzene rings is 1. The second-order valence-electron chi connectivity index (χ2n) is 3.19. The van der Waals surface area contributed by atoms with Crippen molar-refractivity contribution in [1.82, 2.24) is 9.78 Å². The van der Waals surface area contributed by atoms with Gasteiger partial charge in [0.05, 0.1) is 6.54 Å². The molecule has 0 fully saturated rings. The Morgan fingerprint density at radius 2 is 2.07 bits per heavy atom. The molecule has 4 heteroatoms. The van der Waals surface area contributed by atoms with E-state index in [1.165, 1.54) is 0 Å². The summed E-state index contributed by atoms with van der Waals surface area (Å²) in [4.78, 5) is 0. The van der Waals surface area contributed by atoms with E-state index in [0.29, 0.717) is 6.61 Å². The second kappa shape index (κ2) is 4.69. The van der Waals surface area contributed by atoms with Gasteiger partial charge in [0.15, 0.2) is 0 Å². The largest absolute Gasteiger partial charge is 0.492 e. The van der Waals surface area contributed by atoms with Gasteiger partial charge in [-0.25, -0.2) is 0 Å². The molecule has 2 rings (SSSR count). The molecule has 0 spiro atoms. The molecule has 0 aliphatic carbocycles. The quantitative estimate of drug-likeness (QED) is 0.678. The zero-order valence-electron chi connectivity index (χ0n) is 8.34. The summed E-state index contributed by atoms with van der Waals surface area (Å²) >= 11 is 0. The van der Waals surface area contributed by atoms with Crippen molar-refractivity contribution in [3.8, 4) is 5.75 Å².